The summed E-state index contributed by atoms with van der Waals surface area (Å²) in [7, 11) is 1.40. The molecule has 5 atom stereocenters. The summed E-state index contributed by atoms with van der Waals surface area (Å²) < 4.78 is 16.6. The van der Waals surface area contributed by atoms with Gasteiger partial charge in [-0.1, -0.05) is 37.3 Å². The first-order chi connectivity index (χ1) is 14.5. The summed E-state index contributed by atoms with van der Waals surface area (Å²) in [5.74, 6) is 0.978. The van der Waals surface area contributed by atoms with Crippen LogP contribution < -0.4 is 4.74 Å². The average molecular weight is 414 g/mol. The molecule has 0 spiro atoms. The number of hydrogen-bond acceptors (Lipinski definition) is 6. The van der Waals surface area contributed by atoms with Gasteiger partial charge in [-0.2, -0.15) is 0 Å². The van der Waals surface area contributed by atoms with E-state index in [2.05, 4.69) is 19.1 Å². The van der Waals surface area contributed by atoms with Gasteiger partial charge in [0, 0.05) is 7.11 Å². The molecule has 0 aromatic heterocycles. The number of ether oxygens (including phenoxy) is 3. The van der Waals surface area contributed by atoms with Crippen LogP contribution in [0, 0.1) is 0 Å². The minimum atomic E-state index is -1.34. The summed E-state index contributed by atoms with van der Waals surface area (Å²) in [6.07, 6.45) is -1.95. The first-order valence-corrected chi connectivity index (χ1v) is 10.6. The molecule has 6 nitrogen and oxygen atoms in total. The van der Waals surface area contributed by atoms with Crippen LogP contribution in [0.15, 0.2) is 36.4 Å². The van der Waals surface area contributed by atoms with Crippen LogP contribution in [-0.4, -0.2) is 53.6 Å². The highest BCUT2D eigenvalue weighted by Gasteiger charge is 2.44. The minimum absolute atomic E-state index is 0.754. The molecule has 0 aliphatic carbocycles. The number of methoxy groups -OCH3 is 1. The molecule has 2 aliphatic rings. The van der Waals surface area contributed by atoms with E-state index in [0.29, 0.717) is 0 Å². The summed E-state index contributed by atoms with van der Waals surface area (Å²) in [4.78, 5) is 0. The highest BCUT2D eigenvalue weighted by Crippen LogP contribution is 2.34. The largest absolute Gasteiger partial charge is 0.493 e. The van der Waals surface area contributed by atoms with Crippen molar-refractivity contribution in [2.75, 3.05) is 13.7 Å². The quantitative estimate of drug-likeness (QED) is 0.696. The van der Waals surface area contributed by atoms with Crippen molar-refractivity contribution >= 4 is 0 Å². The highest BCUT2D eigenvalue weighted by atomic mass is 16.7. The standard InChI is InChI=1S/C24H30O6/c1-3-15-7-8-17(23-21(26)20(25)22(27)24(28-2)30-23)13-18(15)12-14-6-9-19-16(11-14)5-4-10-29-19/h6-9,11,13,20-27H,3-5,10,12H2,1-2H3. The molecular formula is C24H30O6. The van der Waals surface area contributed by atoms with Crippen molar-refractivity contribution in [1.29, 1.82) is 0 Å². The van der Waals surface area contributed by atoms with E-state index in [-0.39, 0.29) is 0 Å². The van der Waals surface area contributed by atoms with Crippen molar-refractivity contribution in [3.8, 4) is 5.75 Å². The van der Waals surface area contributed by atoms with Crippen LogP contribution >= 0.6 is 0 Å². The number of aliphatic hydroxyl groups excluding tert-OH is 3. The van der Waals surface area contributed by atoms with E-state index in [1.807, 2.05) is 24.3 Å². The Bertz CT molecular complexity index is 880. The smallest absolute Gasteiger partial charge is 0.186 e. The Kier molecular flexibility index (Phi) is 6.41. The third-order valence-corrected chi connectivity index (χ3v) is 6.11. The number of rotatable bonds is 5. The van der Waals surface area contributed by atoms with Gasteiger partial charge in [-0.3, -0.25) is 0 Å². The van der Waals surface area contributed by atoms with E-state index in [9.17, 15) is 15.3 Å². The fraction of sp³-hybridized carbons (Fsp3) is 0.500. The molecule has 4 rings (SSSR count). The minimum Gasteiger partial charge on any atom is -0.493 e. The maximum Gasteiger partial charge on any atom is 0.186 e. The average Bonchev–Trinajstić information content (AvgIpc) is 2.77. The Labute approximate surface area is 177 Å². The maximum absolute atomic E-state index is 10.5. The number of aryl methyl sites for hydroxylation is 2. The molecular weight excluding hydrogens is 384 g/mol. The monoisotopic (exact) mass is 414 g/mol. The van der Waals surface area contributed by atoms with Gasteiger partial charge in [0.1, 0.15) is 30.2 Å². The molecule has 0 amide bonds. The van der Waals surface area contributed by atoms with Gasteiger partial charge < -0.3 is 29.5 Å². The normalized spacial score (nSPS) is 28.6. The third kappa shape index (κ3) is 4.11. The summed E-state index contributed by atoms with van der Waals surface area (Å²) in [5, 5.41) is 30.8. The van der Waals surface area contributed by atoms with E-state index in [1.54, 1.807) is 0 Å². The van der Waals surface area contributed by atoms with Crippen LogP contribution in [0.2, 0.25) is 0 Å². The van der Waals surface area contributed by atoms with Crippen molar-refractivity contribution in [2.24, 2.45) is 0 Å². The lowest BCUT2D eigenvalue weighted by Crippen LogP contribution is -2.54. The maximum atomic E-state index is 10.5. The molecule has 1 fully saturated rings. The second kappa shape index (κ2) is 9.04. The zero-order valence-corrected chi connectivity index (χ0v) is 17.5. The molecule has 0 radical (unpaired) electrons. The molecule has 0 bridgehead atoms. The molecule has 2 aromatic rings. The van der Waals surface area contributed by atoms with Gasteiger partial charge in [0.25, 0.3) is 0 Å². The van der Waals surface area contributed by atoms with Crippen LogP contribution in [0.25, 0.3) is 0 Å². The molecule has 3 N–H and O–H groups in total. The molecule has 2 aliphatic heterocycles. The Morgan fingerprint density at radius 2 is 1.83 bits per heavy atom. The SMILES string of the molecule is CCc1ccc(C2OC(OC)C(O)C(O)C2O)cc1Cc1ccc2c(c1)CCCO2. The molecule has 2 aromatic carbocycles. The van der Waals surface area contributed by atoms with Crippen molar-refractivity contribution in [2.45, 2.75) is 63.3 Å². The fourth-order valence-electron chi connectivity index (χ4n) is 4.39. The summed E-state index contributed by atoms with van der Waals surface area (Å²) in [6, 6.07) is 12.3. The van der Waals surface area contributed by atoms with Gasteiger partial charge in [-0.05, 0) is 59.6 Å². The lowest BCUT2D eigenvalue weighted by molar-refractivity contribution is -0.292. The summed E-state index contributed by atoms with van der Waals surface area (Å²) in [6.45, 7) is 2.90. The molecule has 0 saturated carbocycles. The van der Waals surface area contributed by atoms with Crippen LogP contribution in [-0.2, 0) is 28.7 Å². The first kappa shape index (κ1) is 21.3. The Morgan fingerprint density at radius 1 is 1.00 bits per heavy atom. The van der Waals surface area contributed by atoms with Gasteiger partial charge in [0.15, 0.2) is 6.29 Å². The van der Waals surface area contributed by atoms with Gasteiger partial charge in [0.05, 0.1) is 6.61 Å². The second-order valence-corrected chi connectivity index (χ2v) is 8.09. The number of benzene rings is 2. The van der Waals surface area contributed by atoms with Crippen LogP contribution in [0.1, 0.15) is 47.3 Å². The van der Waals surface area contributed by atoms with Crippen LogP contribution in [0.4, 0.5) is 0 Å². The van der Waals surface area contributed by atoms with Crippen molar-refractivity contribution < 1.29 is 29.5 Å². The molecule has 5 unspecified atom stereocenters. The van der Waals surface area contributed by atoms with Gasteiger partial charge >= 0.3 is 0 Å². The van der Waals surface area contributed by atoms with Crippen molar-refractivity contribution in [1.82, 2.24) is 0 Å². The van der Waals surface area contributed by atoms with Gasteiger partial charge in [-0.25, -0.2) is 0 Å². The lowest BCUT2D eigenvalue weighted by atomic mass is 9.89. The van der Waals surface area contributed by atoms with E-state index in [4.69, 9.17) is 14.2 Å². The highest BCUT2D eigenvalue weighted by molar-refractivity contribution is 5.42. The predicted octanol–water partition coefficient (Wildman–Crippen LogP) is 2.29. The Hall–Kier alpha value is -1.96. The third-order valence-electron chi connectivity index (χ3n) is 6.11. The molecule has 30 heavy (non-hydrogen) atoms. The summed E-state index contributed by atoms with van der Waals surface area (Å²) >= 11 is 0. The van der Waals surface area contributed by atoms with E-state index >= 15 is 0 Å². The molecule has 6 heteroatoms. The number of aliphatic hydroxyl groups is 3. The topological polar surface area (TPSA) is 88.4 Å². The van der Waals surface area contributed by atoms with E-state index in [0.717, 1.165) is 49.2 Å². The van der Waals surface area contributed by atoms with E-state index in [1.165, 1.54) is 23.8 Å². The zero-order valence-electron chi connectivity index (χ0n) is 17.5. The zero-order chi connectivity index (χ0) is 21.3. The van der Waals surface area contributed by atoms with E-state index < -0.39 is 30.7 Å². The first-order valence-electron chi connectivity index (χ1n) is 10.6. The molecule has 1 saturated heterocycles. The number of fused-ring (bicyclic) bond motifs is 1. The van der Waals surface area contributed by atoms with Crippen LogP contribution in [0.3, 0.4) is 0 Å². The Balaban J connectivity index is 1.62. The fourth-order valence-corrected chi connectivity index (χ4v) is 4.39. The summed E-state index contributed by atoms with van der Waals surface area (Å²) in [5.41, 5.74) is 5.59. The number of hydrogen-bond donors (Lipinski definition) is 3. The van der Waals surface area contributed by atoms with Crippen molar-refractivity contribution in [3.63, 3.8) is 0 Å². The Morgan fingerprint density at radius 3 is 2.60 bits per heavy atom. The van der Waals surface area contributed by atoms with Gasteiger partial charge in [-0.15, -0.1) is 0 Å². The lowest BCUT2D eigenvalue weighted by Gasteiger charge is -2.40. The molecule has 2 heterocycles. The second-order valence-electron chi connectivity index (χ2n) is 8.09. The van der Waals surface area contributed by atoms with Gasteiger partial charge in [0.2, 0.25) is 0 Å². The predicted molar refractivity (Wildman–Crippen MR) is 112 cm³/mol. The van der Waals surface area contributed by atoms with Crippen LogP contribution in [0.5, 0.6) is 5.75 Å². The molecule has 162 valence electrons. The van der Waals surface area contributed by atoms with Crippen molar-refractivity contribution in [3.05, 3.63) is 64.2 Å².